The van der Waals surface area contributed by atoms with Crippen LogP contribution in [-0.4, -0.2) is 62.2 Å². The third kappa shape index (κ3) is 3.69. The Kier molecular flexibility index (Phi) is 5.36. The Morgan fingerprint density at radius 1 is 1.23 bits per heavy atom. The number of fused-ring (bicyclic) bond motifs is 1. The van der Waals surface area contributed by atoms with Crippen LogP contribution in [0.2, 0.25) is 5.02 Å². The lowest BCUT2D eigenvalue weighted by molar-refractivity contribution is -0.136. The molecule has 0 unspecified atom stereocenters. The Hall–Kier alpha value is -2.22. The van der Waals surface area contributed by atoms with Gasteiger partial charge in [0.25, 0.3) is 0 Å². The SMILES string of the molecule is CCCC(=O)n1cc(-n2ncc3cc(Cl)c(C4CCN(C5(C)COC5)CC4)cc32)cn1. The van der Waals surface area contributed by atoms with Gasteiger partial charge in [0.05, 0.1) is 42.9 Å². The first-order chi connectivity index (χ1) is 15.0. The first-order valence-corrected chi connectivity index (χ1v) is 11.4. The fourth-order valence-corrected chi connectivity index (χ4v) is 5.11. The first-order valence-electron chi connectivity index (χ1n) is 11.1. The van der Waals surface area contributed by atoms with Crippen molar-refractivity contribution in [2.24, 2.45) is 0 Å². The molecule has 0 amide bonds. The van der Waals surface area contributed by atoms with Crippen LogP contribution in [0.15, 0.2) is 30.7 Å². The molecule has 2 aromatic heterocycles. The minimum atomic E-state index is -0.00809. The number of carbonyl (C=O) groups excluding carboxylic acids is 1. The number of likely N-dealkylation sites (tertiary alicyclic amines) is 1. The highest BCUT2D eigenvalue weighted by atomic mass is 35.5. The Morgan fingerprint density at radius 3 is 2.68 bits per heavy atom. The molecule has 0 aliphatic carbocycles. The Balaban J connectivity index is 1.41. The van der Waals surface area contributed by atoms with Gasteiger partial charge in [-0.25, -0.2) is 9.36 Å². The van der Waals surface area contributed by atoms with Crippen molar-refractivity contribution in [2.45, 2.75) is 51.0 Å². The van der Waals surface area contributed by atoms with Gasteiger partial charge in [-0.2, -0.15) is 10.2 Å². The molecule has 0 bridgehead atoms. The van der Waals surface area contributed by atoms with E-state index in [1.165, 1.54) is 10.2 Å². The van der Waals surface area contributed by atoms with Gasteiger partial charge < -0.3 is 4.74 Å². The molecule has 2 aliphatic rings. The zero-order valence-corrected chi connectivity index (χ0v) is 18.8. The van der Waals surface area contributed by atoms with Crippen LogP contribution in [0.3, 0.4) is 0 Å². The topological polar surface area (TPSA) is 65.2 Å². The number of piperidine rings is 1. The molecule has 2 aliphatic heterocycles. The minimum Gasteiger partial charge on any atom is -0.377 e. The zero-order chi connectivity index (χ0) is 21.6. The Morgan fingerprint density at radius 2 is 2.00 bits per heavy atom. The van der Waals surface area contributed by atoms with Crippen LogP contribution in [0, 0.1) is 0 Å². The molecule has 3 aromatic rings. The van der Waals surface area contributed by atoms with Crippen LogP contribution in [0.1, 0.15) is 55.8 Å². The summed E-state index contributed by atoms with van der Waals surface area (Å²) in [6.07, 6.45) is 8.69. The lowest BCUT2D eigenvalue weighted by Gasteiger charge is -2.50. The quantitative estimate of drug-likeness (QED) is 0.591. The molecule has 1 aromatic carbocycles. The van der Waals surface area contributed by atoms with Crippen LogP contribution in [0.5, 0.6) is 0 Å². The van der Waals surface area contributed by atoms with Gasteiger partial charge in [0, 0.05) is 16.8 Å². The largest absolute Gasteiger partial charge is 0.377 e. The molecule has 0 radical (unpaired) electrons. The molecule has 5 rings (SSSR count). The molecule has 164 valence electrons. The van der Waals surface area contributed by atoms with E-state index in [1.807, 2.05) is 23.9 Å². The van der Waals surface area contributed by atoms with Gasteiger partial charge in [0.2, 0.25) is 5.91 Å². The normalized spacial score (nSPS) is 19.6. The lowest BCUT2D eigenvalue weighted by Crippen LogP contribution is -2.61. The highest BCUT2D eigenvalue weighted by Gasteiger charge is 2.41. The zero-order valence-electron chi connectivity index (χ0n) is 18.1. The summed E-state index contributed by atoms with van der Waals surface area (Å²) in [4.78, 5) is 14.7. The van der Waals surface area contributed by atoms with E-state index in [2.05, 4.69) is 28.1 Å². The Bertz CT molecular complexity index is 1110. The van der Waals surface area contributed by atoms with Gasteiger partial charge >= 0.3 is 0 Å². The maximum Gasteiger partial charge on any atom is 0.246 e. The van der Waals surface area contributed by atoms with Gasteiger partial charge in [0.1, 0.15) is 5.69 Å². The fraction of sp³-hybridized carbons (Fsp3) is 0.522. The molecule has 0 spiro atoms. The second kappa shape index (κ2) is 8.04. The van der Waals surface area contributed by atoms with Crippen molar-refractivity contribution in [3.63, 3.8) is 0 Å². The second-order valence-electron chi connectivity index (χ2n) is 9.03. The van der Waals surface area contributed by atoms with Crippen molar-refractivity contribution in [1.29, 1.82) is 0 Å². The smallest absolute Gasteiger partial charge is 0.246 e. The number of ether oxygens (including phenoxy) is 1. The standard InChI is InChI=1S/C23H28ClN5O2/c1-3-4-22(30)28-13-18(12-25-28)29-21-10-19(20(24)9-17(21)11-26-29)16-5-7-27(8-6-16)23(2)14-31-15-23/h9-13,16H,3-8,14-15H2,1-2H3. The van der Waals surface area contributed by atoms with E-state index in [9.17, 15) is 4.79 Å². The number of rotatable bonds is 5. The number of hydrogen-bond donors (Lipinski definition) is 0. The highest BCUT2D eigenvalue weighted by molar-refractivity contribution is 6.32. The summed E-state index contributed by atoms with van der Waals surface area (Å²) in [5.74, 6) is 0.418. The van der Waals surface area contributed by atoms with Gasteiger partial charge in [-0.1, -0.05) is 18.5 Å². The highest BCUT2D eigenvalue weighted by Crippen LogP contribution is 2.38. The number of carbonyl (C=O) groups is 1. The average molecular weight is 442 g/mol. The van der Waals surface area contributed by atoms with Gasteiger partial charge in [-0.15, -0.1) is 0 Å². The molecule has 7 nitrogen and oxygen atoms in total. The van der Waals surface area contributed by atoms with Crippen LogP contribution >= 0.6 is 11.6 Å². The third-order valence-electron chi connectivity index (χ3n) is 6.74. The van der Waals surface area contributed by atoms with Crippen LogP contribution in [0.25, 0.3) is 16.6 Å². The molecular weight excluding hydrogens is 414 g/mol. The van der Waals surface area contributed by atoms with Gasteiger partial charge in [0.15, 0.2) is 0 Å². The molecule has 4 heterocycles. The summed E-state index contributed by atoms with van der Waals surface area (Å²) < 4.78 is 8.70. The molecule has 2 fully saturated rings. The minimum absolute atomic E-state index is 0.00809. The number of halogens is 1. The molecule has 2 saturated heterocycles. The molecular formula is C23H28ClN5O2. The molecule has 0 atom stereocenters. The van der Waals surface area contributed by atoms with Crippen LogP contribution in [-0.2, 0) is 4.74 Å². The Labute approximate surface area is 186 Å². The van der Waals surface area contributed by atoms with Crippen molar-refractivity contribution in [3.8, 4) is 5.69 Å². The molecule has 0 N–H and O–H groups in total. The fourth-order valence-electron chi connectivity index (χ4n) is 4.78. The van der Waals surface area contributed by atoms with E-state index in [1.54, 1.807) is 12.4 Å². The van der Waals surface area contributed by atoms with Gasteiger partial charge in [-0.05, 0) is 62.9 Å². The summed E-state index contributed by atoms with van der Waals surface area (Å²) in [5.41, 5.74) is 3.15. The van der Waals surface area contributed by atoms with E-state index in [0.717, 1.165) is 67.2 Å². The molecule has 8 heteroatoms. The van der Waals surface area contributed by atoms with E-state index >= 15 is 0 Å². The molecule has 0 saturated carbocycles. The third-order valence-corrected chi connectivity index (χ3v) is 7.07. The van der Waals surface area contributed by atoms with E-state index in [0.29, 0.717) is 12.3 Å². The summed E-state index contributed by atoms with van der Waals surface area (Å²) in [5, 5.41) is 10.6. The summed E-state index contributed by atoms with van der Waals surface area (Å²) in [6, 6.07) is 4.18. The van der Waals surface area contributed by atoms with E-state index in [-0.39, 0.29) is 11.4 Å². The van der Waals surface area contributed by atoms with Crippen molar-refractivity contribution in [1.82, 2.24) is 24.5 Å². The van der Waals surface area contributed by atoms with Gasteiger partial charge in [-0.3, -0.25) is 9.69 Å². The number of hydrogen-bond acceptors (Lipinski definition) is 5. The first kappa shape index (κ1) is 20.7. The number of aromatic nitrogens is 4. The summed E-state index contributed by atoms with van der Waals surface area (Å²) in [6.45, 7) is 8.06. The molecule has 31 heavy (non-hydrogen) atoms. The van der Waals surface area contributed by atoms with E-state index in [4.69, 9.17) is 16.3 Å². The van der Waals surface area contributed by atoms with E-state index < -0.39 is 0 Å². The maximum atomic E-state index is 12.2. The van der Waals surface area contributed by atoms with Crippen LogP contribution in [0.4, 0.5) is 0 Å². The predicted octanol–water partition coefficient (Wildman–Crippen LogP) is 4.28. The average Bonchev–Trinajstić information content (AvgIpc) is 3.38. The maximum absolute atomic E-state index is 12.2. The van der Waals surface area contributed by atoms with Crippen molar-refractivity contribution in [2.75, 3.05) is 26.3 Å². The predicted molar refractivity (Wildman–Crippen MR) is 120 cm³/mol. The second-order valence-corrected chi connectivity index (χ2v) is 9.43. The van der Waals surface area contributed by atoms with Crippen molar-refractivity contribution in [3.05, 3.63) is 41.3 Å². The summed E-state index contributed by atoms with van der Waals surface area (Å²) in [7, 11) is 0. The lowest BCUT2D eigenvalue weighted by atomic mass is 9.86. The summed E-state index contributed by atoms with van der Waals surface area (Å²) >= 11 is 6.71. The number of nitrogens with zero attached hydrogens (tertiary/aromatic N) is 5. The van der Waals surface area contributed by atoms with Crippen molar-refractivity contribution < 1.29 is 9.53 Å². The number of benzene rings is 1. The van der Waals surface area contributed by atoms with Crippen molar-refractivity contribution >= 4 is 28.4 Å². The van der Waals surface area contributed by atoms with Crippen LogP contribution < -0.4 is 0 Å². The monoisotopic (exact) mass is 441 g/mol.